The van der Waals surface area contributed by atoms with Crippen LogP contribution >= 0.6 is 0 Å². The summed E-state index contributed by atoms with van der Waals surface area (Å²) in [7, 11) is 0. The third-order valence-electron chi connectivity index (χ3n) is 5.65. The first-order valence-electron chi connectivity index (χ1n) is 7.27. The number of hydrogen-bond donors (Lipinski definition) is 1. The van der Waals surface area contributed by atoms with Gasteiger partial charge < -0.3 is 0 Å². The molecule has 2 atom stereocenters. The van der Waals surface area contributed by atoms with Gasteiger partial charge in [0.05, 0.1) is 5.69 Å². The van der Waals surface area contributed by atoms with Crippen molar-refractivity contribution < 1.29 is 8.78 Å². The van der Waals surface area contributed by atoms with E-state index in [4.69, 9.17) is 0 Å². The normalized spacial score (nSPS) is 27.4. The first-order valence-corrected chi connectivity index (χ1v) is 7.27. The summed E-state index contributed by atoms with van der Waals surface area (Å²) in [5, 5.41) is 3.06. The molecular weight excluding hydrogens is 286 g/mol. The molecule has 4 rings (SSSR count). The van der Waals surface area contributed by atoms with Crippen molar-refractivity contribution in [3.8, 4) is 5.69 Å². The van der Waals surface area contributed by atoms with Crippen LogP contribution in [0.2, 0.25) is 0 Å². The lowest BCUT2D eigenvalue weighted by atomic mass is 9.69. The number of nitrogens with zero attached hydrogens (tertiary/aromatic N) is 1. The molecule has 2 aromatic rings. The summed E-state index contributed by atoms with van der Waals surface area (Å²) in [5.41, 5.74) is 0.938. The zero-order chi connectivity index (χ0) is 15.9. The molecule has 114 valence electrons. The van der Waals surface area contributed by atoms with Gasteiger partial charge in [-0.05, 0) is 24.5 Å². The third-order valence-corrected chi connectivity index (χ3v) is 5.65. The number of aromatic nitrogens is 2. The highest BCUT2D eigenvalue weighted by atomic mass is 19.1. The van der Waals surface area contributed by atoms with E-state index >= 15 is 0 Å². The van der Waals surface area contributed by atoms with E-state index in [0.717, 1.165) is 17.8 Å². The van der Waals surface area contributed by atoms with Crippen LogP contribution in [0.4, 0.5) is 8.78 Å². The molecule has 5 heteroatoms. The zero-order valence-corrected chi connectivity index (χ0v) is 12.6. The van der Waals surface area contributed by atoms with Crippen LogP contribution < -0.4 is 5.56 Å². The van der Waals surface area contributed by atoms with Crippen molar-refractivity contribution in [1.82, 2.24) is 9.78 Å². The largest absolute Gasteiger partial charge is 0.294 e. The van der Waals surface area contributed by atoms with Crippen molar-refractivity contribution >= 4 is 0 Å². The number of aromatic amines is 1. The molecule has 0 radical (unpaired) electrons. The van der Waals surface area contributed by atoms with Gasteiger partial charge in [-0.15, -0.1) is 0 Å². The molecule has 0 aliphatic heterocycles. The second-order valence-electron chi connectivity index (χ2n) is 6.90. The fourth-order valence-corrected chi connectivity index (χ4v) is 3.90. The van der Waals surface area contributed by atoms with Crippen LogP contribution in [0.1, 0.15) is 37.9 Å². The highest BCUT2D eigenvalue weighted by Crippen LogP contribution is 2.62. The Kier molecular flexibility index (Phi) is 2.31. The minimum Gasteiger partial charge on any atom is -0.294 e. The van der Waals surface area contributed by atoms with Crippen LogP contribution in [0.25, 0.3) is 5.69 Å². The van der Waals surface area contributed by atoms with E-state index in [2.05, 4.69) is 38.0 Å². The molecule has 22 heavy (non-hydrogen) atoms. The number of nitrogens with one attached hydrogen (secondary N) is 1. The average Bonchev–Trinajstić information content (AvgIpc) is 2.94. The molecule has 0 spiro atoms. The molecule has 0 amide bonds. The maximum atomic E-state index is 14.0. The molecular formula is C17H16F2N2O. The van der Waals surface area contributed by atoms with Crippen molar-refractivity contribution in [3.63, 3.8) is 0 Å². The Labute approximate surface area is 126 Å². The Hall–Kier alpha value is -2.17. The monoisotopic (exact) mass is 302 g/mol. The number of halogens is 2. The van der Waals surface area contributed by atoms with Gasteiger partial charge in [0.1, 0.15) is 11.5 Å². The second-order valence-corrected chi connectivity index (χ2v) is 6.90. The van der Waals surface area contributed by atoms with Crippen LogP contribution in [-0.2, 0) is 5.41 Å². The van der Waals surface area contributed by atoms with Crippen LogP contribution in [0.5, 0.6) is 0 Å². The van der Waals surface area contributed by atoms with E-state index in [1.54, 1.807) is 0 Å². The second kappa shape index (κ2) is 3.77. The molecule has 0 unspecified atom stereocenters. The number of allylic oxidation sites excluding steroid dienone is 2. The first-order chi connectivity index (χ1) is 10.3. The summed E-state index contributed by atoms with van der Waals surface area (Å²) >= 11 is 0. The Morgan fingerprint density at radius 1 is 1.23 bits per heavy atom. The summed E-state index contributed by atoms with van der Waals surface area (Å²) in [4.78, 5) is 12.8. The molecule has 0 saturated carbocycles. The maximum absolute atomic E-state index is 14.0. The Morgan fingerprint density at radius 3 is 2.59 bits per heavy atom. The van der Waals surface area contributed by atoms with Gasteiger partial charge in [0, 0.05) is 23.0 Å². The van der Waals surface area contributed by atoms with Gasteiger partial charge in [-0.3, -0.25) is 9.89 Å². The SMILES string of the molecule is CC1(C)[C@@H]2C=C[C@@]1(C)c1[nH]n(-c3ccc(F)cc3F)c(=O)c12. The summed E-state index contributed by atoms with van der Waals surface area (Å²) in [5.74, 6) is -1.41. The summed E-state index contributed by atoms with van der Waals surface area (Å²) in [6.07, 6.45) is 4.17. The maximum Gasteiger partial charge on any atom is 0.275 e. The Balaban J connectivity index is 1.96. The van der Waals surface area contributed by atoms with E-state index in [0.29, 0.717) is 5.56 Å². The molecule has 1 N–H and O–H groups in total. The number of fused-ring (bicyclic) bond motifs is 5. The number of H-pyrrole nitrogens is 1. The minimum atomic E-state index is -0.758. The van der Waals surface area contributed by atoms with E-state index in [1.807, 2.05) is 0 Å². The van der Waals surface area contributed by atoms with E-state index in [-0.39, 0.29) is 28.0 Å². The van der Waals surface area contributed by atoms with Gasteiger partial charge in [0.25, 0.3) is 5.56 Å². The van der Waals surface area contributed by atoms with E-state index < -0.39 is 11.6 Å². The first kappa shape index (κ1) is 13.5. The van der Waals surface area contributed by atoms with Gasteiger partial charge >= 0.3 is 0 Å². The van der Waals surface area contributed by atoms with Crippen LogP contribution in [0.3, 0.4) is 0 Å². The number of hydrogen-bond acceptors (Lipinski definition) is 1. The van der Waals surface area contributed by atoms with Gasteiger partial charge in [0.2, 0.25) is 0 Å². The quantitative estimate of drug-likeness (QED) is 0.806. The molecule has 2 bridgehead atoms. The lowest BCUT2D eigenvalue weighted by Gasteiger charge is -2.34. The van der Waals surface area contributed by atoms with Crippen LogP contribution in [0.15, 0.2) is 35.1 Å². The molecule has 1 aromatic carbocycles. The molecule has 3 nitrogen and oxygen atoms in total. The minimum absolute atomic E-state index is 0.0148. The lowest BCUT2D eigenvalue weighted by Crippen LogP contribution is -2.33. The molecule has 2 aliphatic rings. The Morgan fingerprint density at radius 2 is 1.95 bits per heavy atom. The molecule has 2 aliphatic carbocycles. The Bertz CT molecular complexity index is 891. The standard InChI is InChI=1S/C17H16F2N2O/c1-16(2)10-6-7-17(16,3)14-13(10)15(22)21(20-14)12-5-4-9(18)8-11(12)19/h4-8,10,20H,1-3H3/t10-,17+/m1/s1. The van der Waals surface area contributed by atoms with Gasteiger partial charge in [-0.25, -0.2) is 13.5 Å². The van der Waals surface area contributed by atoms with E-state index in [9.17, 15) is 13.6 Å². The molecule has 0 saturated heterocycles. The van der Waals surface area contributed by atoms with Crippen molar-refractivity contribution in [2.75, 3.05) is 0 Å². The average molecular weight is 302 g/mol. The highest BCUT2D eigenvalue weighted by Gasteiger charge is 2.59. The molecule has 1 heterocycles. The van der Waals surface area contributed by atoms with Gasteiger partial charge in [-0.1, -0.05) is 26.0 Å². The van der Waals surface area contributed by atoms with Crippen LogP contribution in [-0.4, -0.2) is 9.78 Å². The van der Waals surface area contributed by atoms with Gasteiger partial charge in [-0.2, -0.15) is 0 Å². The fraction of sp³-hybridized carbons (Fsp3) is 0.353. The molecule has 0 fully saturated rings. The summed E-state index contributed by atoms with van der Waals surface area (Å²) in [6.45, 7) is 6.35. The predicted octanol–water partition coefficient (Wildman–Crippen LogP) is 3.39. The van der Waals surface area contributed by atoms with Crippen molar-refractivity contribution in [1.29, 1.82) is 0 Å². The number of benzene rings is 1. The van der Waals surface area contributed by atoms with Crippen molar-refractivity contribution in [3.05, 3.63) is 63.6 Å². The summed E-state index contributed by atoms with van der Waals surface area (Å²) < 4.78 is 28.3. The van der Waals surface area contributed by atoms with Crippen molar-refractivity contribution in [2.45, 2.75) is 32.1 Å². The smallest absolute Gasteiger partial charge is 0.275 e. The lowest BCUT2D eigenvalue weighted by molar-refractivity contribution is 0.248. The summed E-state index contributed by atoms with van der Waals surface area (Å²) in [6, 6.07) is 3.21. The van der Waals surface area contributed by atoms with Crippen molar-refractivity contribution in [2.24, 2.45) is 5.41 Å². The number of rotatable bonds is 1. The van der Waals surface area contributed by atoms with E-state index in [1.165, 1.54) is 10.7 Å². The van der Waals surface area contributed by atoms with Crippen LogP contribution in [0, 0.1) is 17.0 Å². The predicted molar refractivity (Wildman–Crippen MR) is 79.3 cm³/mol. The van der Waals surface area contributed by atoms with Gasteiger partial charge in [0.15, 0.2) is 5.82 Å². The fourth-order valence-electron chi connectivity index (χ4n) is 3.90. The topological polar surface area (TPSA) is 37.8 Å². The highest BCUT2D eigenvalue weighted by molar-refractivity contribution is 5.53. The molecule has 1 aromatic heterocycles. The zero-order valence-electron chi connectivity index (χ0n) is 12.6. The third kappa shape index (κ3) is 1.32.